The standard InChI is InChI=1S/C16H21N3O/c1-11(2)20-14-6-4-13(5-7-14)15-8-9-17-16-18-12(3)10-19(15)16/h4-7,10-11,15H,8-9H2,1-3H3,(H,17,18). The summed E-state index contributed by atoms with van der Waals surface area (Å²) in [6.45, 7) is 7.08. The third kappa shape index (κ3) is 2.50. The molecule has 4 nitrogen and oxygen atoms in total. The first-order chi connectivity index (χ1) is 9.63. The Kier molecular flexibility index (Phi) is 3.38. The summed E-state index contributed by atoms with van der Waals surface area (Å²) in [7, 11) is 0. The van der Waals surface area contributed by atoms with E-state index in [0.717, 1.165) is 30.4 Å². The van der Waals surface area contributed by atoms with Gasteiger partial charge >= 0.3 is 0 Å². The molecule has 0 bridgehead atoms. The zero-order valence-corrected chi connectivity index (χ0v) is 12.3. The number of nitrogens with one attached hydrogen (secondary N) is 1. The maximum Gasteiger partial charge on any atom is 0.203 e. The molecule has 1 aromatic heterocycles. The monoisotopic (exact) mass is 271 g/mol. The lowest BCUT2D eigenvalue weighted by Crippen LogP contribution is -2.23. The fourth-order valence-electron chi connectivity index (χ4n) is 2.71. The molecule has 1 aliphatic rings. The normalized spacial score (nSPS) is 17.7. The van der Waals surface area contributed by atoms with E-state index in [-0.39, 0.29) is 6.10 Å². The molecule has 0 aliphatic carbocycles. The highest BCUT2D eigenvalue weighted by molar-refractivity contribution is 5.37. The molecule has 1 aromatic carbocycles. The van der Waals surface area contributed by atoms with Gasteiger partial charge in [0.25, 0.3) is 0 Å². The Morgan fingerprint density at radius 1 is 1.30 bits per heavy atom. The molecule has 0 saturated carbocycles. The molecule has 0 amide bonds. The number of aryl methyl sites for hydroxylation is 1. The summed E-state index contributed by atoms with van der Waals surface area (Å²) in [5, 5.41) is 3.35. The molecule has 1 atom stereocenters. The van der Waals surface area contributed by atoms with E-state index in [0.29, 0.717) is 6.04 Å². The van der Waals surface area contributed by atoms with Crippen molar-refractivity contribution in [1.82, 2.24) is 9.55 Å². The van der Waals surface area contributed by atoms with Gasteiger partial charge in [0.1, 0.15) is 5.75 Å². The number of ether oxygens (including phenoxy) is 1. The summed E-state index contributed by atoms with van der Waals surface area (Å²) in [4.78, 5) is 4.51. The van der Waals surface area contributed by atoms with E-state index in [1.54, 1.807) is 0 Å². The van der Waals surface area contributed by atoms with Gasteiger partial charge in [-0.2, -0.15) is 0 Å². The first-order valence-electron chi connectivity index (χ1n) is 7.19. The second kappa shape index (κ2) is 5.19. The van der Waals surface area contributed by atoms with Crippen molar-refractivity contribution >= 4 is 5.95 Å². The summed E-state index contributed by atoms with van der Waals surface area (Å²) in [5.41, 5.74) is 2.36. The summed E-state index contributed by atoms with van der Waals surface area (Å²) in [6, 6.07) is 8.79. The molecule has 1 N–H and O–H groups in total. The van der Waals surface area contributed by atoms with Crippen LogP contribution in [0.5, 0.6) is 5.75 Å². The molecule has 2 heterocycles. The lowest BCUT2D eigenvalue weighted by molar-refractivity contribution is 0.242. The number of hydrogen-bond donors (Lipinski definition) is 1. The topological polar surface area (TPSA) is 39.1 Å². The first kappa shape index (κ1) is 13.0. The fraction of sp³-hybridized carbons (Fsp3) is 0.438. The van der Waals surface area contributed by atoms with Crippen LogP contribution in [-0.4, -0.2) is 22.2 Å². The highest BCUT2D eigenvalue weighted by atomic mass is 16.5. The predicted octanol–water partition coefficient (Wildman–Crippen LogP) is 3.38. The maximum absolute atomic E-state index is 5.70. The molecular formula is C16H21N3O. The maximum atomic E-state index is 5.70. The van der Waals surface area contributed by atoms with Crippen LogP contribution in [0.15, 0.2) is 30.5 Å². The predicted molar refractivity (Wildman–Crippen MR) is 80.4 cm³/mol. The van der Waals surface area contributed by atoms with E-state index >= 15 is 0 Å². The Labute approximate surface area is 119 Å². The van der Waals surface area contributed by atoms with Gasteiger partial charge in [-0.25, -0.2) is 4.98 Å². The van der Waals surface area contributed by atoms with Gasteiger partial charge in [0, 0.05) is 12.7 Å². The summed E-state index contributed by atoms with van der Waals surface area (Å²) in [5.74, 6) is 1.90. The third-order valence-corrected chi connectivity index (χ3v) is 3.53. The average molecular weight is 271 g/mol. The van der Waals surface area contributed by atoms with Crippen LogP contribution < -0.4 is 10.1 Å². The quantitative estimate of drug-likeness (QED) is 0.930. The number of rotatable bonds is 3. The molecule has 2 aromatic rings. The second-order valence-electron chi connectivity index (χ2n) is 5.58. The molecule has 1 unspecified atom stereocenters. The smallest absolute Gasteiger partial charge is 0.203 e. The Bertz CT molecular complexity index is 586. The number of anilines is 1. The molecule has 3 rings (SSSR count). The first-order valence-corrected chi connectivity index (χ1v) is 7.19. The largest absolute Gasteiger partial charge is 0.491 e. The number of aromatic nitrogens is 2. The van der Waals surface area contributed by atoms with Gasteiger partial charge in [-0.05, 0) is 44.9 Å². The minimum atomic E-state index is 0.211. The fourth-order valence-corrected chi connectivity index (χ4v) is 2.71. The van der Waals surface area contributed by atoms with E-state index < -0.39 is 0 Å². The molecule has 0 saturated heterocycles. The van der Waals surface area contributed by atoms with Gasteiger partial charge in [0.15, 0.2) is 0 Å². The number of hydrogen-bond acceptors (Lipinski definition) is 3. The van der Waals surface area contributed by atoms with Gasteiger partial charge in [-0.3, -0.25) is 0 Å². The van der Waals surface area contributed by atoms with Crippen molar-refractivity contribution < 1.29 is 4.74 Å². The molecule has 1 aliphatic heterocycles. The molecule has 4 heteroatoms. The van der Waals surface area contributed by atoms with Crippen molar-refractivity contribution in [3.8, 4) is 5.75 Å². The lowest BCUT2D eigenvalue weighted by atomic mass is 10.0. The van der Waals surface area contributed by atoms with Gasteiger partial charge in [-0.15, -0.1) is 0 Å². The number of benzene rings is 1. The minimum absolute atomic E-state index is 0.211. The van der Waals surface area contributed by atoms with E-state index in [4.69, 9.17) is 4.74 Å². The minimum Gasteiger partial charge on any atom is -0.491 e. The van der Waals surface area contributed by atoms with Crippen molar-refractivity contribution in [3.63, 3.8) is 0 Å². The van der Waals surface area contributed by atoms with Gasteiger partial charge < -0.3 is 14.6 Å². The zero-order valence-electron chi connectivity index (χ0n) is 12.3. The van der Waals surface area contributed by atoms with Crippen molar-refractivity contribution in [3.05, 3.63) is 41.7 Å². The van der Waals surface area contributed by atoms with Crippen molar-refractivity contribution in [1.29, 1.82) is 0 Å². The molecule has 20 heavy (non-hydrogen) atoms. The highest BCUT2D eigenvalue weighted by Crippen LogP contribution is 2.30. The van der Waals surface area contributed by atoms with E-state index in [1.165, 1.54) is 5.56 Å². The lowest BCUT2D eigenvalue weighted by Gasteiger charge is -2.26. The third-order valence-electron chi connectivity index (χ3n) is 3.53. The van der Waals surface area contributed by atoms with Crippen LogP contribution in [0.25, 0.3) is 0 Å². The Morgan fingerprint density at radius 3 is 2.75 bits per heavy atom. The van der Waals surface area contributed by atoms with Crippen LogP contribution in [0.4, 0.5) is 5.95 Å². The number of imidazole rings is 1. The molecule has 106 valence electrons. The van der Waals surface area contributed by atoms with Gasteiger partial charge in [0.05, 0.1) is 17.8 Å². The van der Waals surface area contributed by atoms with Crippen LogP contribution in [0.3, 0.4) is 0 Å². The number of nitrogens with zero attached hydrogens (tertiary/aromatic N) is 2. The summed E-state index contributed by atoms with van der Waals surface area (Å²) >= 11 is 0. The van der Waals surface area contributed by atoms with Crippen LogP contribution >= 0.6 is 0 Å². The molecule has 0 spiro atoms. The van der Waals surface area contributed by atoms with Crippen LogP contribution in [0.1, 0.15) is 37.6 Å². The van der Waals surface area contributed by atoms with E-state index in [1.807, 2.05) is 20.8 Å². The summed E-state index contributed by atoms with van der Waals surface area (Å²) in [6.07, 6.45) is 3.40. The van der Waals surface area contributed by atoms with E-state index in [2.05, 4.69) is 45.3 Å². The average Bonchev–Trinajstić information content (AvgIpc) is 2.79. The Hall–Kier alpha value is -1.97. The number of fused-ring (bicyclic) bond motifs is 1. The van der Waals surface area contributed by atoms with Crippen LogP contribution in [-0.2, 0) is 0 Å². The highest BCUT2D eigenvalue weighted by Gasteiger charge is 2.21. The molecule has 0 radical (unpaired) electrons. The molecule has 0 fully saturated rings. The summed E-state index contributed by atoms with van der Waals surface area (Å²) < 4.78 is 7.93. The van der Waals surface area contributed by atoms with Crippen molar-refractivity contribution in [2.45, 2.75) is 39.3 Å². The van der Waals surface area contributed by atoms with E-state index in [9.17, 15) is 0 Å². The Balaban J connectivity index is 1.86. The zero-order chi connectivity index (χ0) is 14.1. The van der Waals surface area contributed by atoms with Gasteiger partial charge in [-0.1, -0.05) is 12.1 Å². The van der Waals surface area contributed by atoms with Crippen LogP contribution in [0, 0.1) is 6.92 Å². The SMILES string of the molecule is Cc1cn2c(n1)NCCC2c1ccc(OC(C)C)cc1. The van der Waals surface area contributed by atoms with Crippen LogP contribution in [0.2, 0.25) is 0 Å². The van der Waals surface area contributed by atoms with Gasteiger partial charge in [0.2, 0.25) is 5.95 Å². The Morgan fingerprint density at radius 2 is 2.05 bits per heavy atom. The second-order valence-corrected chi connectivity index (χ2v) is 5.58. The molecular weight excluding hydrogens is 250 g/mol. The van der Waals surface area contributed by atoms with Crippen molar-refractivity contribution in [2.24, 2.45) is 0 Å². The van der Waals surface area contributed by atoms with Crippen molar-refractivity contribution in [2.75, 3.05) is 11.9 Å².